The van der Waals surface area contributed by atoms with Crippen LogP contribution in [-0.4, -0.2) is 47.3 Å². The van der Waals surface area contributed by atoms with Crippen LogP contribution in [0.15, 0.2) is 54.6 Å². The molecule has 2 heterocycles. The van der Waals surface area contributed by atoms with Crippen molar-refractivity contribution in [2.75, 3.05) is 36.4 Å². The maximum Gasteiger partial charge on any atom is 0.321 e. The van der Waals surface area contributed by atoms with E-state index in [2.05, 4.69) is 20.4 Å². The number of anilines is 2. The number of aryl methyl sites for hydroxylation is 1. The molecule has 2 amide bonds. The third kappa shape index (κ3) is 4.50. The number of carbonyl (C=O) groups is 1. The summed E-state index contributed by atoms with van der Waals surface area (Å²) < 4.78 is 0. The summed E-state index contributed by atoms with van der Waals surface area (Å²) in [6.07, 6.45) is 0. The molecule has 0 saturated carbocycles. The molecule has 0 radical (unpaired) electrons. The lowest BCUT2D eigenvalue weighted by Crippen LogP contribution is -2.50. The number of rotatable bonds is 3. The van der Waals surface area contributed by atoms with Gasteiger partial charge in [0.05, 0.1) is 10.7 Å². The summed E-state index contributed by atoms with van der Waals surface area (Å²) in [5.41, 5.74) is 3.36. The highest BCUT2D eigenvalue weighted by Crippen LogP contribution is 2.29. The SMILES string of the molecule is Cc1ccccc1NC(=O)N1CCN(c2ccc(-c3ccc(Cl)cc3Cl)nn2)CC1. The lowest BCUT2D eigenvalue weighted by Gasteiger charge is -2.35. The monoisotopic (exact) mass is 441 g/mol. The van der Waals surface area contributed by atoms with Crippen LogP contribution in [0.2, 0.25) is 10.0 Å². The quantitative estimate of drug-likeness (QED) is 0.612. The Hall–Kier alpha value is -2.83. The molecule has 1 aromatic heterocycles. The van der Waals surface area contributed by atoms with Crippen LogP contribution in [0.5, 0.6) is 0 Å². The summed E-state index contributed by atoms with van der Waals surface area (Å²) in [6, 6.07) is 16.8. The molecular formula is C22H21Cl2N5O. The summed E-state index contributed by atoms with van der Waals surface area (Å²) >= 11 is 12.2. The van der Waals surface area contributed by atoms with Gasteiger partial charge in [0.25, 0.3) is 0 Å². The van der Waals surface area contributed by atoms with Crippen LogP contribution >= 0.6 is 23.2 Å². The van der Waals surface area contributed by atoms with Crippen LogP contribution in [-0.2, 0) is 0 Å². The Kier molecular flexibility index (Phi) is 6.06. The Morgan fingerprint density at radius 2 is 1.73 bits per heavy atom. The van der Waals surface area contributed by atoms with Crippen molar-refractivity contribution in [1.29, 1.82) is 0 Å². The molecule has 1 aliphatic rings. The molecular weight excluding hydrogens is 421 g/mol. The van der Waals surface area contributed by atoms with Crippen molar-refractivity contribution in [3.05, 3.63) is 70.2 Å². The summed E-state index contributed by atoms with van der Waals surface area (Å²) in [4.78, 5) is 16.5. The van der Waals surface area contributed by atoms with E-state index in [9.17, 15) is 4.79 Å². The normalized spacial score (nSPS) is 14.0. The number of nitrogens with zero attached hydrogens (tertiary/aromatic N) is 4. The van der Waals surface area contributed by atoms with Gasteiger partial charge < -0.3 is 15.1 Å². The van der Waals surface area contributed by atoms with E-state index >= 15 is 0 Å². The van der Waals surface area contributed by atoms with E-state index in [1.54, 1.807) is 12.1 Å². The van der Waals surface area contributed by atoms with Gasteiger partial charge in [-0.3, -0.25) is 0 Å². The predicted molar refractivity (Wildman–Crippen MR) is 121 cm³/mol. The van der Waals surface area contributed by atoms with Crippen molar-refractivity contribution in [3.63, 3.8) is 0 Å². The fraction of sp³-hybridized carbons (Fsp3) is 0.227. The van der Waals surface area contributed by atoms with Gasteiger partial charge in [-0.15, -0.1) is 10.2 Å². The van der Waals surface area contributed by atoms with Crippen molar-refractivity contribution < 1.29 is 4.79 Å². The lowest BCUT2D eigenvalue weighted by molar-refractivity contribution is 0.208. The Labute approximate surface area is 185 Å². The number of piperazine rings is 1. The van der Waals surface area contributed by atoms with E-state index in [0.717, 1.165) is 22.6 Å². The van der Waals surface area contributed by atoms with E-state index in [1.165, 1.54) is 0 Å². The van der Waals surface area contributed by atoms with Gasteiger partial charge in [0.1, 0.15) is 0 Å². The first-order chi connectivity index (χ1) is 14.5. The number of para-hydroxylation sites is 1. The maximum absolute atomic E-state index is 12.6. The summed E-state index contributed by atoms with van der Waals surface area (Å²) in [7, 11) is 0. The van der Waals surface area contributed by atoms with Crippen molar-refractivity contribution in [2.24, 2.45) is 0 Å². The van der Waals surface area contributed by atoms with E-state index in [4.69, 9.17) is 23.2 Å². The van der Waals surface area contributed by atoms with Gasteiger partial charge in [-0.1, -0.05) is 41.4 Å². The van der Waals surface area contributed by atoms with E-state index in [-0.39, 0.29) is 6.03 Å². The van der Waals surface area contributed by atoms with Gasteiger partial charge in [-0.25, -0.2) is 4.79 Å². The maximum atomic E-state index is 12.6. The molecule has 2 aromatic carbocycles. The number of urea groups is 1. The number of halogens is 2. The minimum absolute atomic E-state index is 0.0808. The second-order valence-corrected chi connectivity index (χ2v) is 7.96. The second kappa shape index (κ2) is 8.90. The number of carbonyl (C=O) groups excluding carboxylic acids is 1. The van der Waals surface area contributed by atoms with Gasteiger partial charge in [0.15, 0.2) is 5.82 Å². The molecule has 1 N–H and O–H groups in total. The first-order valence-corrected chi connectivity index (χ1v) is 10.4. The summed E-state index contributed by atoms with van der Waals surface area (Å²) in [5, 5.41) is 12.8. The number of aromatic nitrogens is 2. The van der Waals surface area contributed by atoms with E-state index in [1.807, 2.05) is 54.3 Å². The highest BCUT2D eigenvalue weighted by atomic mass is 35.5. The van der Waals surface area contributed by atoms with Crippen LogP contribution in [0.3, 0.4) is 0 Å². The molecule has 8 heteroatoms. The molecule has 3 aromatic rings. The average Bonchev–Trinajstić information content (AvgIpc) is 2.76. The number of hydrogen-bond donors (Lipinski definition) is 1. The Morgan fingerprint density at radius 3 is 2.40 bits per heavy atom. The van der Waals surface area contributed by atoms with Crippen molar-refractivity contribution >= 4 is 40.7 Å². The average molecular weight is 442 g/mol. The zero-order chi connectivity index (χ0) is 21.1. The Morgan fingerprint density at radius 1 is 0.967 bits per heavy atom. The molecule has 1 aliphatic heterocycles. The first kappa shape index (κ1) is 20.4. The van der Waals surface area contributed by atoms with Crippen molar-refractivity contribution in [2.45, 2.75) is 6.92 Å². The lowest BCUT2D eigenvalue weighted by atomic mass is 10.1. The molecule has 0 spiro atoms. The zero-order valence-corrected chi connectivity index (χ0v) is 18.0. The van der Waals surface area contributed by atoms with Crippen molar-refractivity contribution in [3.8, 4) is 11.3 Å². The molecule has 0 atom stereocenters. The van der Waals surface area contributed by atoms with Gasteiger partial charge in [-0.2, -0.15) is 0 Å². The highest BCUT2D eigenvalue weighted by molar-refractivity contribution is 6.36. The third-order valence-corrected chi connectivity index (χ3v) is 5.68. The number of amides is 2. The van der Waals surface area contributed by atoms with Crippen molar-refractivity contribution in [1.82, 2.24) is 15.1 Å². The van der Waals surface area contributed by atoms with Crippen LogP contribution < -0.4 is 10.2 Å². The molecule has 1 saturated heterocycles. The molecule has 154 valence electrons. The van der Waals surface area contributed by atoms with E-state index in [0.29, 0.717) is 41.9 Å². The summed E-state index contributed by atoms with van der Waals surface area (Å²) in [6.45, 7) is 4.59. The van der Waals surface area contributed by atoms with Crippen LogP contribution in [0, 0.1) is 6.92 Å². The molecule has 0 bridgehead atoms. The molecule has 6 nitrogen and oxygen atoms in total. The molecule has 0 unspecified atom stereocenters. The van der Waals surface area contributed by atoms with Gasteiger partial charge in [-0.05, 0) is 48.9 Å². The number of hydrogen-bond acceptors (Lipinski definition) is 4. The molecule has 0 aliphatic carbocycles. The zero-order valence-electron chi connectivity index (χ0n) is 16.5. The first-order valence-electron chi connectivity index (χ1n) is 9.67. The Bertz CT molecular complexity index is 1050. The second-order valence-electron chi connectivity index (χ2n) is 7.12. The Balaban J connectivity index is 1.37. The van der Waals surface area contributed by atoms with Crippen LogP contribution in [0.4, 0.5) is 16.3 Å². The predicted octanol–water partition coefficient (Wildman–Crippen LogP) is 5.11. The van der Waals surface area contributed by atoms with Gasteiger partial charge in [0, 0.05) is 42.5 Å². The van der Waals surface area contributed by atoms with Crippen LogP contribution in [0.25, 0.3) is 11.3 Å². The van der Waals surface area contributed by atoms with Gasteiger partial charge in [0.2, 0.25) is 0 Å². The topological polar surface area (TPSA) is 61.4 Å². The highest BCUT2D eigenvalue weighted by Gasteiger charge is 2.22. The molecule has 1 fully saturated rings. The van der Waals surface area contributed by atoms with E-state index < -0.39 is 0 Å². The van der Waals surface area contributed by atoms with Gasteiger partial charge >= 0.3 is 6.03 Å². The minimum Gasteiger partial charge on any atom is -0.352 e. The molecule has 30 heavy (non-hydrogen) atoms. The number of nitrogens with one attached hydrogen (secondary N) is 1. The standard InChI is InChI=1S/C22H21Cl2N5O/c1-15-4-2-3-5-19(15)25-22(30)29-12-10-28(11-13-29)21-9-8-20(26-27-21)17-7-6-16(23)14-18(17)24/h2-9,14H,10-13H2,1H3,(H,25,30). The molecule has 4 rings (SSSR count). The fourth-order valence-electron chi connectivity index (χ4n) is 3.38. The largest absolute Gasteiger partial charge is 0.352 e. The number of benzene rings is 2. The summed E-state index contributed by atoms with van der Waals surface area (Å²) in [5.74, 6) is 0.780. The smallest absolute Gasteiger partial charge is 0.321 e. The fourth-order valence-corrected chi connectivity index (χ4v) is 3.89. The minimum atomic E-state index is -0.0808. The third-order valence-electron chi connectivity index (χ3n) is 5.14. The van der Waals surface area contributed by atoms with Crippen LogP contribution in [0.1, 0.15) is 5.56 Å².